The number of benzene rings is 9. The highest BCUT2D eigenvalue weighted by Gasteiger charge is 2.29. The Labute approximate surface area is 366 Å². The summed E-state index contributed by atoms with van der Waals surface area (Å²) in [6, 6.07) is 84.7. The summed E-state index contributed by atoms with van der Waals surface area (Å²) in [7, 11) is 0. The van der Waals surface area contributed by atoms with E-state index < -0.39 is 0 Å². The lowest BCUT2D eigenvalue weighted by Crippen LogP contribution is -2.18. The molecule has 11 aromatic rings. The van der Waals surface area contributed by atoms with Crippen LogP contribution in [0.3, 0.4) is 0 Å². The molecule has 9 aromatic carbocycles. The predicted molar refractivity (Wildman–Crippen MR) is 260 cm³/mol. The van der Waals surface area contributed by atoms with E-state index in [0.717, 1.165) is 67.5 Å². The van der Waals surface area contributed by atoms with Crippen molar-refractivity contribution in [3.05, 3.63) is 243 Å². The fourth-order valence-electron chi connectivity index (χ4n) is 8.57. The van der Waals surface area contributed by atoms with Gasteiger partial charge < -0.3 is 14.4 Å². The van der Waals surface area contributed by atoms with Gasteiger partial charge in [0, 0.05) is 50.2 Å². The van der Waals surface area contributed by atoms with Crippen molar-refractivity contribution in [1.82, 2.24) is 19.5 Å². The van der Waals surface area contributed by atoms with Crippen LogP contribution in [0.1, 0.15) is 0 Å². The van der Waals surface area contributed by atoms with E-state index in [2.05, 4.69) is 221 Å². The van der Waals surface area contributed by atoms with Crippen LogP contribution < -0.4 is 9.80 Å². The number of aromatic nitrogens is 4. The molecule has 2 heterocycles. The van der Waals surface area contributed by atoms with Gasteiger partial charge >= 0.3 is 0 Å². The van der Waals surface area contributed by atoms with Crippen molar-refractivity contribution in [3.63, 3.8) is 0 Å². The first-order valence-corrected chi connectivity index (χ1v) is 21.1. The van der Waals surface area contributed by atoms with Crippen molar-refractivity contribution in [3.8, 4) is 39.9 Å². The van der Waals surface area contributed by atoms with Crippen molar-refractivity contribution in [2.24, 2.45) is 0 Å². The lowest BCUT2D eigenvalue weighted by Gasteiger charge is -2.34. The van der Waals surface area contributed by atoms with Gasteiger partial charge in [-0.3, -0.25) is 0 Å². The van der Waals surface area contributed by atoms with Gasteiger partial charge in [0.15, 0.2) is 17.5 Å². The van der Waals surface area contributed by atoms with Crippen LogP contribution in [-0.4, -0.2) is 19.5 Å². The highest BCUT2D eigenvalue weighted by atomic mass is 15.2. The molecular formula is C57H40N6. The maximum Gasteiger partial charge on any atom is 0.164 e. The number of anilines is 6. The van der Waals surface area contributed by atoms with E-state index >= 15 is 0 Å². The average molecular weight is 809 g/mol. The number of nitrogens with zero attached hydrogens (tertiary/aromatic N) is 6. The fraction of sp³-hybridized carbons (Fsp3) is 0. The molecular weight excluding hydrogens is 769 g/mol. The van der Waals surface area contributed by atoms with E-state index in [-0.39, 0.29) is 0 Å². The van der Waals surface area contributed by atoms with E-state index in [1.807, 2.05) is 36.4 Å². The van der Waals surface area contributed by atoms with Crippen molar-refractivity contribution in [1.29, 1.82) is 0 Å². The number of hydrogen-bond acceptors (Lipinski definition) is 5. The van der Waals surface area contributed by atoms with E-state index in [4.69, 9.17) is 15.0 Å². The third-order valence-corrected chi connectivity index (χ3v) is 11.4. The Morgan fingerprint density at radius 3 is 0.921 bits per heavy atom. The standard InChI is InChI=1S/C57H40N6/c1-7-23-41(24-8-1)55-58-56(42-25-9-2-10-26-42)60-57(59-55)43-39-52(61(44-27-11-3-12-28-44)45-29-13-4-14-30-45)54(63-50-37-21-19-35-48(50)49-36-20-22-38-51(49)63)53(40-43)62(46-31-15-5-16-32-46)47-33-17-6-18-34-47/h1-40H. The molecule has 0 bridgehead atoms. The predicted octanol–water partition coefficient (Wildman–Crippen LogP) is 14.9. The van der Waals surface area contributed by atoms with E-state index in [1.165, 1.54) is 10.8 Å². The molecule has 0 saturated heterocycles. The molecule has 0 amide bonds. The van der Waals surface area contributed by atoms with Crippen LogP contribution in [-0.2, 0) is 0 Å². The van der Waals surface area contributed by atoms with Gasteiger partial charge in [-0.15, -0.1) is 0 Å². The fourth-order valence-corrected chi connectivity index (χ4v) is 8.57. The van der Waals surface area contributed by atoms with E-state index in [1.54, 1.807) is 0 Å². The molecule has 0 fully saturated rings. The second kappa shape index (κ2) is 16.4. The summed E-state index contributed by atoms with van der Waals surface area (Å²) >= 11 is 0. The maximum atomic E-state index is 5.32. The summed E-state index contributed by atoms with van der Waals surface area (Å²) < 4.78 is 2.44. The Morgan fingerprint density at radius 2 is 0.571 bits per heavy atom. The van der Waals surface area contributed by atoms with Gasteiger partial charge in [-0.1, -0.05) is 170 Å². The minimum atomic E-state index is 0.557. The van der Waals surface area contributed by atoms with Crippen molar-refractivity contribution in [2.75, 3.05) is 9.80 Å². The summed E-state index contributed by atoms with van der Waals surface area (Å²) in [6.07, 6.45) is 0. The zero-order valence-electron chi connectivity index (χ0n) is 34.3. The molecule has 0 aliphatic carbocycles. The van der Waals surface area contributed by atoms with Crippen LogP contribution >= 0.6 is 0 Å². The highest BCUT2D eigenvalue weighted by Crippen LogP contribution is 2.50. The third-order valence-electron chi connectivity index (χ3n) is 11.4. The zero-order valence-corrected chi connectivity index (χ0v) is 34.3. The molecule has 0 saturated carbocycles. The first kappa shape index (κ1) is 37.4. The SMILES string of the molecule is c1ccc(-c2nc(-c3ccccc3)nc(-c3cc(N(c4ccccc4)c4ccccc4)c(-n4c5ccccc5c5ccccc54)c(N(c4ccccc4)c4ccccc4)c3)n2)cc1. The Bertz CT molecular complexity index is 3030. The van der Waals surface area contributed by atoms with Crippen LogP contribution in [0.4, 0.5) is 34.1 Å². The molecule has 6 heteroatoms. The molecule has 0 spiro atoms. The van der Waals surface area contributed by atoms with Gasteiger partial charge in [0.05, 0.1) is 28.1 Å². The summed E-state index contributed by atoms with van der Waals surface area (Å²) in [5.74, 6) is 1.75. The Balaban J connectivity index is 1.33. The lowest BCUT2D eigenvalue weighted by atomic mass is 10.0. The first-order valence-electron chi connectivity index (χ1n) is 21.1. The smallest absolute Gasteiger partial charge is 0.164 e. The van der Waals surface area contributed by atoms with Crippen LogP contribution in [0.2, 0.25) is 0 Å². The molecule has 0 aliphatic rings. The van der Waals surface area contributed by atoms with Gasteiger partial charge in [0.25, 0.3) is 0 Å². The average Bonchev–Trinajstić information content (AvgIpc) is 3.70. The number of rotatable bonds is 10. The second-order valence-electron chi connectivity index (χ2n) is 15.3. The van der Waals surface area contributed by atoms with Crippen molar-refractivity contribution in [2.45, 2.75) is 0 Å². The quantitative estimate of drug-likeness (QED) is 0.138. The second-order valence-corrected chi connectivity index (χ2v) is 15.3. The molecule has 0 N–H and O–H groups in total. The van der Waals surface area contributed by atoms with Gasteiger partial charge in [0.1, 0.15) is 0 Å². The van der Waals surface area contributed by atoms with Gasteiger partial charge in [-0.05, 0) is 72.8 Å². The van der Waals surface area contributed by atoms with Crippen LogP contribution in [0.5, 0.6) is 0 Å². The monoisotopic (exact) mass is 808 g/mol. The first-order chi connectivity index (χ1) is 31.3. The molecule has 0 unspecified atom stereocenters. The summed E-state index contributed by atoms with van der Waals surface area (Å²) in [6.45, 7) is 0. The van der Waals surface area contributed by atoms with Crippen LogP contribution in [0, 0.1) is 0 Å². The maximum absolute atomic E-state index is 5.32. The summed E-state index contributed by atoms with van der Waals surface area (Å²) in [5, 5.41) is 2.34. The molecule has 6 nitrogen and oxygen atoms in total. The summed E-state index contributed by atoms with van der Waals surface area (Å²) in [5.41, 5.74) is 11.7. The van der Waals surface area contributed by atoms with E-state index in [0.29, 0.717) is 17.5 Å². The van der Waals surface area contributed by atoms with Crippen molar-refractivity contribution < 1.29 is 0 Å². The van der Waals surface area contributed by atoms with Gasteiger partial charge in [-0.2, -0.15) is 0 Å². The molecule has 0 aliphatic heterocycles. The minimum absolute atomic E-state index is 0.557. The van der Waals surface area contributed by atoms with E-state index in [9.17, 15) is 0 Å². The largest absolute Gasteiger partial charge is 0.308 e. The Morgan fingerprint density at radius 1 is 0.286 bits per heavy atom. The number of para-hydroxylation sites is 6. The lowest BCUT2D eigenvalue weighted by molar-refractivity contribution is 1.07. The number of fused-ring (bicyclic) bond motifs is 3. The molecule has 11 rings (SSSR count). The Hall–Kier alpha value is -8.61. The third kappa shape index (κ3) is 7.05. The van der Waals surface area contributed by atoms with Crippen molar-refractivity contribution >= 4 is 55.9 Å². The Kier molecular flexibility index (Phi) is 9.76. The minimum Gasteiger partial charge on any atom is -0.308 e. The molecule has 298 valence electrons. The van der Waals surface area contributed by atoms with Crippen LogP contribution in [0.25, 0.3) is 61.7 Å². The zero-order chi connectivity index (χ0) is 42.0. The molecule has 0 radical (unpaired) electrons. The van der Waals surface area contributed by atoms with Crippen LogP contribution in [0.15, 0.2) is 243 Å². The molecule has 2 aromatic heterocycles. The van der Waals surface area contributed by atoms with Gasteiger partial charge in [0.2, 0.25) is 0 Å². The topological polar surface area (TPSA) is 50.1 Å². The molecule has 0 atom stereocenters. The number of hydrogen-bond donors (Lipinski definition) is 0. The summed E-state index contributed by atoms with van der Waals surface area (Å²) in [4.78, 5) is 20.4. The highest BCUT2D eigenvalue weighted by molar-refractivity contribution is 6.11. The molecule has 63 heavy (non-hydrogen) atoms. The normalized spacial score (nSPS) is 11.2. The van der Waals surface area contributed by atoms with Gasteiger partial charge in [-0.25, -0.2) is 15.0 Å².